The van der Waals surface area contributed by atoms with Crippen molar-refractivity contribution in [1.82, 2.24) is 0 Å². The minimum Gasteiger partial charge on any atom is -0.401 e. The van der Waals surface area contributed by atoms with E-state index in [2.05, 4.69) is 0 Å². The molecule has 0 fully saturated rings. The van der Waals surface area contributed by atoms with E-state index in [-0.39, 0.29) is 0 Å². The van der Waals surface area contributed by atoms with Crippen molar-refractivity contribution in [3.8, 4) is 0 Å². The Balaban J connectivity index is 2.49. The third kappa shape index (κ3) is 1.54. The molecule has 1 heterocycles. The average molecular weight is 223 g/mol. The van der Waals surface area contributed by atoms with E-state index in [4.69, 9.17) is 17.2 Å². The lowest BCUT2D eigenvalue weighted by molar-refractivity contribution is 0.0726. The maximum atomic E-state index is 10.4. The van der Waals surface area contributed by atoms with Crippen molar-refractivity contribution in [2.75, 3.05) is 0 Å². The maximum absolute atomic E-state index is 10.4. The number of aliphatic hydroxyl groups is 1. The quantitative estimate of drug-likeness (QED) is 0.537. The number of hydrogen-bond acceptors (Lipinski definition) is 5. The molecule has 0 spiro atoms. The lowest BCUT2D eigenvalue weighted by Gasteiger charge is -2.33. The number of rotatable bonds is 1. The van der Waals surface area contributed by atoms with Gasteiger partial charge in [-0.05, 0) is 23.6 Å². The zero-order valence-electron chi connectivity index (χ0n) is 8.05. The zero-order chi connectivity index (χ0) is 11.1. The highest BCUT2D eigenvalue weighted by Gasteiger charge is 2.39. The van der Waals surface area contributed by atoms with Gasteiger partial charge in [-0.25, -0.2) is 0 Å². The van der Waals surface area contributed by atoms with Crippen molar-refractivity contribution >= 4 is 11.3 Å². The molecule has 4 nitrogen and oxygen atoms in total. The van der Waals surface area contributed by atoms with Gasteiger partial charge in [0.15, 0.2) is 0 Å². The molecule has 2 unspecified atom stereocenters. The fourth-order valence-electron chi connectivity index (χ4n) is 1.65. The van der Waals surface area contributed by atoms with Gasteiger partial charge in [0, 0.05) is 16.3 Å². The molecule has 0 bridgehead atoms. The van der Waals surface area contributed by atoms with E-state index in [0.717, 1.165) is 4.88 Å². The highest BCUT2D eigenvalue weighted by Crippen LogP contribution is 2.34. The Morgan fingerprint density at radius 3 is 2.73 bits per heavy atom. The lowest BCUT2D eigenvalue weighted by Crippen LogP contribution is -2.49. The van der Waals surface area contributed by atoms with Crippen LogP contribution in [-0.2, 0) is 5.60 Å². The Bertz CT molecular complexity index is 424. The minimum atomic E-state index is -1.28. The van der Waals surface area contributed by atoms with Gasteiger partial charge in [-0.1, -0.05) is 6.07 Å². The highest BCUT2D eigenvalue weighted by molar-refractivity contribution is 7.10. The SMILES string of the molecule is NC1=CC(O)(c2cccs2)C(N)C(N)=C1. The first kappa shape index (κ1) is 10.2. The summed E-state index contributed by atoms with van der Waals surface area (Å²) in [5.41, 5.74) is 16.8. The second-order valence-electron chi connectivity index (χ2n) is 3.57. The van der Waals surface area contributed by atoms with E-state index in [1.807, 2.05) is 17.5 Å². The monoisotopic (exact) mass is 223 g/mol. The summed E-state index contributed by atoms with van der Waals surface area (Å²) >= 11 is 1.42. The number of hydrogen-bond donors (Lipinski definition) is 4. The van der Waals surface area contributed by atoms with Gasteiger partial charge in [0.2, 0.25) is 0 Å². The van der Waals surface area contributed by atoms with Crippen molar-refractivity contribution in [2.45, 2.75) is 11.6 Å². The standard InChI is InChI=1S/C10H13N3OS/c11-6-4-7(12)9(13)10(14,5-6)8-2-1-3-15-8/h1-5,9,14H,11-13H2. The van der Waals surface area contributed by atoms with Crippen LogP contribution in [0.25, 0.3) is 0 Å². The average Bonchev–Trinajstić information content (AvgIpc) is 2.67. The van der Waals surface area contributed by atoms with Crippen molar-refractivity contribution in [3.05, 3.63) is 45.9 Å². The van der Waals surface area contributed by atoms with Crippen molar-refractivity contribution < 1.29 is 5.11 Å². The third-order valence-electron chi connectivity index (χ3n) is 2.47. The molecule has 1 aliphatic rings. The van der Waals surface area contributed by atoms with Crippen LogP contribution < -0.4 is 17.2 Å². The summed E-state index contributed by atoms with van der Waals surface area (Å²) in [7, 11) is 0. The molecule has 0 saturated carbocycles. The van der Waals surface area contributed by atoms with Crippen LogP contribution in [0.2, 0.25) is 0 Å². The molecule has 0 radical (unpaired) electrons. The molecule has 0 aromatic carbocycles. The summed E-state index contributed by atoms with van der Waals surface area (Å²) in [6, 6.07) is 3.01. The van der Waals surface area contributed by atoms with Crippen LogP contribution in [0.4, 0.5) is 0 Å². The van der Waals surface area contributed by atoms with Crippen LogP contribution in [0.3, 0.4) is 0 Å². The lowest BCUT2D eigenvalue weighted by atomic mass is 9.86. The predicted octanol–water partition coefficient (Wildman–Crippen LogP) is -0.0382. The third-order valence-corrected chi connectivity index (χ3v) is 3.48. The van der Waals surface area contributed by atoms with E-state index in [9.17, 15) is 5.11 Å². The van der Waals surface area contributed by atoms with E-state index in [1.165, 1.54) is 11.3 Å². The zero-order valence-corrected chi connectivity index (χ0v) is 8.87. The molecule has 80 valence electrons. The fraction of sp³-hybridized carbons (Fsp3) is 0.200. The summed E-state index contributed by atoms with van der Waals surface area (Å²) in [6.07, 6.45) is 3.12. The molecule has 0 amide bonds. The molecule has 1 aromatic heterocycles. The molecular weight excluding hydrogens is 210 g/mol. The van der Waals surface area contributed by atoms with Gasteiger partial charge >= 0.3 is 0 Å². The topological polar surface area (TPSA) is 98.3 Å². The Labute approximate surface area is 91.7 Å². The molecular formula is C10H13N3OS. The van der Waals surface area contributed by atoms with Crippen LogP contribution in [0.5, 0.6) is 0 Å². The summed E-state index contributed by atoms with van der Waals surface area (Å²) in [4.78, 5) is 0.744. The van der Waals surface area contributed by atoms with Gasteiger partial charge < -0.3 is 22.3 Å². The van der Waals surface area contributed by atoms with E-state index in [1.54, 1.807) is 12.2 Å². The molecule has 5 heteroatoms. The molecule has 2 atom stereocenters. The summed E-state index contributed by atoms with van der Waals surface area (Å²) < 4.78 is 0. The summed E-state index contributed by atoms with van der Waals surface area (Å²) in [5.74, 6) is 0. The van der Waals surface area contributed by atoms with Crippen LogP contribution in [0.15, 0.2) is 41.1 Å². The first-order valence-electron chi connectivity index (χ1n) is 4.51. The molecule has 15 heavy (non-hydrogen) atoms. The summed E-state index contributed by atoms with van der Waals surface area (Å²) in [5, 5.41) is 12.3. The van der Waals surface area contributed by atoms with E-state index >= 15 is 0 Å². The predicted molar refractivity (Wildman–Crippen MR) is 60.7 cm³/mol. The Hall–Kier alpha value is -1.30. The highest BCUT2D eigenvalue weighted by atomic mass is 32.1. The Morgan fingerprint density at radius 2 is 2.13 bits per heavy atom. The summed E-state index contributed by atoms with van der Waals surface area (Å²) in [6.45, 7) is 0. The number of allylic oxidation sites excluding steroid dienone is 1. The normalized spacial score (nSPS) is 30.9. The Kier molecular flexibility index (Phi) is 2.30. The molecule has 1 aliphatic carbocycles. The first-order chi connectivity index (χ1) is 7.04. The van der Waals surface area contributed by atoms with Gasteiger partial charge in [-0.15, -0.1) is 11.3 Å². The van der Waals surface area contributed by atoms with E-state index in [0.29, 0.717) is 11.4 Å². The second-order valence-corrected chi connectivity index (χ2v) is 4.52. The molecule has 2 rings (SSSR count). The van der Waals surface area contributed by atoms with Gasteiger partial charge in [0.05, 0.1) is 6.04 Å². The van der Waals surface area contributed by atoms with Crippen LogP contribution in [0, 0.1) is 0 Å². The van der Waals surface area contributed by atoms with Crippen LogP contribution >= 0.6 is 11.3 Å². The molecule has 0 aliphatic heterocycles. The number of nitrogens with two attached hydrogens (primary N) is 3. The van der Waals surface area contributed by atoms with Gasteiger partial charge in [0.1, 0.15) is 5.60 Å². The van der Waals surface area contributed by atoms with Crippen LogP contribution in [0.1, 0.15) is 4.88 Å². The van der Waals surface area contributed by atoms with Gasteiger partial charge in [0.25, 0.3) is 0 Å². The van der Waals surface area contributed by atoms with Crippen molar-refractivity contribution in [1.29, 1.82) is 0 Å². The van der Waals surface area contributed by atoms with Crippen LogP contribution in [-0.4, -0.2) is 11.1 Å². The van der Waals surface area contributed by atoms with Gasteiger partial charge in [-0.2, -0.15) is 0 Å². The largest absolute Gasteiger partial charge is 0.401 e. The number of thiophene rings is 1. The Morgan fingerprint density at radius 1 is 1.40 bits per heavy atom. The molecule has 1 aromatic rings. The van der Waals surface area contributed by atoms with E-state index < -0.39 is 11.6 Å². The van der Waals surface area contributed by atoms with Crippen molar-refractivity contribution in [3.63, 3.8) is 0 Å². The second kappa shape index (κ2) is 3.37. The molecule has 7 N–H and O–H groups in total. The smallest absolute Gasteiger partial charge is 0.140 e. The van der Waals surface area contributed by atoms with Gasteiger partial charge in [-0.3, -0.25) is 0 Å². The van der Waals surface area contributed by atoms with Crippen molar-refractivity contribution in [2.24, 2.45) is 17.2 Å². The molecule has 0 saturated heterocycles. The fourth-order valence-corrected chi connectivity index (χ4v) is 2.49. The maximum Gasteiger partial charge on any atom is 0.140 e. The first-order valence-corrected chi connectivity index (χ1v) is 5.39. The minimum absolute atomic E-state index is 0.394.